The molecule has 1 amide bonds. The highest BCUT2D eigenvalue weighted by Crippen LogP contribution is 2.28. The van der Waals surface area contributed by atoms with Crippen molar-refractivity contribution >= 4 is 48.3 Å². The second kappa shape index (κ2) is 9.99. The zero-order valence-corrected chi connectivity index (χ0v) is 20.5. The molecular formula is C21H23BrN4O3S2. The van der Waals surface area contributed by atoms with Gasteiger partial charge in [-0.05, 0) is 37.1 Å². The van der Waals surface area contributed by atoms with Crippen molar-refractivity contribution in [2.24, 2.45) is 5.92 Å². The van der Waals surface area contributed by atoms with Crippen LogP contribution >= 0.6 is 27.3 Å². The summed E-state index contributed by atoms with van der Waals surface area (Å²) in [7, 11) is -3.86. The van der Waals surface area contributed by atoms with Crippen molar-refractivity contribution in [2.45, 2.75) is 38.1 Å². The first-order valence-electron chi connectivity index (χ1n) is 9.69. The van der Waals surface area contributed by atoms with Crippen LogP contribution in [-0.2, 0) is 14.8 Å². The molecule has 2 N–H and O–H groups in total. The van der Waals surface area contributed by atoms with E-state index in [4.69, 9.17) is 0 Å². The Morgan fingerprint density at radius 1 is 1.10 bits per heavy atom. The lowest BCUT2D eigenvalue weighted by Gasteiger charge is -2.22. The molecule has 0 aliphatic rings. The maximum absolute atomic E-state index is 13.0. The number of aryl methyl sites for hydroxylation is 1. The number of sulfonamides is 1. The first-order valence-corrected chi connectivity index (χ1v) is 12.8. The van der Waals surface area contributed by atoms with Gasteiger partial charge in [-0.2, -0.15) is 4.72 Å². The standard InChI is InChI=1S/C21H23BrN4O3S2/c1-4-14(3)18(26-31(28,29)17-11-5-13(2)6-12-17)19(27)23-21-25-24-20(30-21)15-7-9-16(22)10-8-15/h5-12,14,18,26H,4H2,1-3H3,(H,23,25,27)/t14-,18-/m1/s1. The Morgan fingerprint density at radius 2 is 1.74 bits per heavy atom. The lowest BCUT2D eigenvalue weighted by Crippen LogP contribution is -2.47. The van der Waals surface area contributed by atoms with Gasteiger partial charge in [0, 0.05) is 10.0 Å². The minimum atomic E-state index is -3.86. The highest BCUT2D eigenvalue weighted by Gasteiger charge is 2.30. The van der Waals surface area contributed by atoms with Crippen molar-refractivity contribution in [3.8, 4) is 10.6 Å². The van der Waals surface area contributed by atoms with Crippen LogP contribution in [0.25, 0.3) is 10.6 Å². The van der Waals surface area contributed by atoms with Crippen molar-refractivity contribution in [3.05, 3.63) is 58.6 Å². The molecule has 7 nitrogen and oxygen atoms in total. The summed E-state index contributed by atoms with van der Waals surface area (Å²) >= 11 is 4.62. The van der Waals surface area contributed by atoms with Crippen molar-refractivity contribution in [1.82, 2.24) is 14.9 Å². The molecule has 0 aliphatic carbocycles. The quantitative estimate of drug-likeness (QED) is 0.449. The number of hydrogen-bond donors (Lipinski definition) is 2. The lowest BCUT2D eigenvalue weighted by atomic mass is 9.99. The first kappa shape index (κ1) is 23.5. The van der Waals surface area contributed by atoms with E-state index in [2.05, 4.69) is 36.2 Å². The van der Waals surface area contributed by atoms with Crippen LogP contribution in [0.5, 0.6) is 0 Å². The molecule has 0 saturated carbocycles. The van der Waals surface area contributed by atoms with Crippen molar-refractivity contribution < 1.29 is 13.2 Å². The van der Waals surface area contributed by atoms with E-state index in [0.717, 1.165) is 15.6 Å². The number of aromatic nitrogens is 2. The van der Waals surface area contributed by atoms with E-state index in [-0.39, 0.29) is 10.8 Å². The van der Waals surface area contributed by atoms with Gasteiger partial charge < -0.3 is 0 Å². The molecule has 0 spiro atoms. The average Bonchev–Trinajstić information content (AvgIpc) is 3.20. The van der Waals surface area contributed by atoms with Gasteiger partial charge in [-0.1, -0.05) is 77.4 Å². The maximum atomic E-state index is 13.0. The van der Waals surface area contributed by atoms with Gasteiger partial charge in [-0.3, -0.25) is 10.1 Å². The molecule has 3 rings (SSSR count). The van der Waals surface area contributed by atoms with Gasteiger partial charge in [0.1, 0.15) is 11.0 Å². The van der Waals surface area contributed by atoms with Crippen LogP contribution in [0, 0.1) is 12.8 Å². The van der Waals surface area contributed by atoms with Crippen LogP contribution in [0.1, 0.15) is 25.8 Å². The fourth-order valence-corrected chi connectivity index (χ4v) is 5.10. The molecule has 2 aromatic carbocycles. The number of anilines is 1. The number of carbonyl (C=O) groups is 1. The first-order chi connectivity index (χ1) is 14.7. The molecule has 164 valence electrons. The van der Waals surface area contributed by atoms with E-state index in [9.17, 15) is 13.2 Å². The van der Waals surface area contributed by atoms with Crippen LogP contribution in [0.4, 0.5) is 5.13 Å². The predicted octanol–water partition coefficient (Wildman–Crippen LogP) is 4.61. The van der Waals surface area contributed by atoms with E-state index < -0.39 is 22.0 Å². The average molecular weight is 523 g/mol. The Bertz CT molecular complexity index is 1150. The van der Waals surface area contributed by atoms with Gasteiger partial charge in [0.15, 0.2) is 0 Å². The highest BCUT2D eigenvalue weighted by molar-refractivity contribution is 9.10. The second-order valence-corrected chi connectivity index (χ2v) is 10.8. The molecule has 0 fully saturated rings. The molecule has 3 aromatic rings. The molecule has 1 heterocycles. The van der Waals surface area contributed by atoms with Gasteiger partial charge in [0.2, 0.25) is 21.1 Å². The Morgan fingerprint density at radius 3 is 2.35 bits per heavy atom. The van der Waals surface area contributed by atoms with Crippen molar-refractivity contribution in [3.63, 3.8) is 0 Å². The summed E-state index contributed by atoms with van der Waals surface area (Å²) in [6.07, 6.45) is 0.620. The third kappa shape index (κ3) is 5.97. The Balaban J connectivity index is 1.77. The molecule has 0 saturated heterocycles. The molecule has 2 atom stereocenters. The smallest absolute Gasteiger partial charge is 0.244 e. The van der Waals surface area contributed by atoms with E-state index in [1.807, 2.05) is 45.0 Å². The molecule has 0 radical (unpaired) electrons. The maximum Gasteiger partial charge on any atom is 0.244 e. The molecule has 1 aromatic heterocycles. The van der Waals surface area contributed by atoms with Gasteiger partial charge in [0.25, 0.3) is 0 Å². The Labute approximate surface area is 194 Å². The molecule has 0 unspecified atom stereocenters. The summed E-state index contributed by atoms with van der Waals surface area (Å²) < 4.78 is 29.2. The van der Waals surface area contributed by atoms with Crippen LogP contribution in [0.15, 0.2) is 57.9 Å². The monoisotopic (exact) mass is 522 g/mol. The summed E-state index contributed by atoms with van der Waals surface area (Å²) in [5.41, 5.74) is 1.83. The number of hydrogen-bond acceptors (Lipinski definition) is 6. The van der Waals surface area contributed by atoms with Crippen LogP contribution in [0.3, 0.4) is 0 Å². The predicted molar refractivity (Wildman–Crippen MR) is 126 cm³/mol. The SMILES string of the molecule is CC[C@@H](C)[C@@H](NS(=O)(=O)c1ccc(C)cc1)C(=O)Nc1nnc(-c2ccc(Br)cc2)s1. The third-order valence-electron chi connectivity index (χ3n) is 4.86. The van der Waals surface area contributed by atoms with E-state index in [1.54, 1.807) is 12.1 Å². The van der Waals surface area contributed by atoms with Gasteiger partial charge in [-0.15, -0.1) is 10.2 Å². The van der Waals surface area contributed by atoms with Crippen LogP contribution in [-0.4, -0.2) is 30.6 Å². The Hall–Kier alpha value is -2.14. The zero-order valence-electron chi connectivity index (χ0n) is 17.3. The topological polar surface area (TPSA) is 101 Å². The van der Waals surface area contributed by atoms with Crippen LogP contribution < -0.4 is 10.0 Å². The molecular weight excluding hydrogens is 500 g/mol. The van der Waals surface area contributed by atoms with Gasteiger partial charge in [-0.25, -0.2) is 8.42 Å². The highest BCUT2D eigenvalue weighted by atomic mass is 79.9. The number of nitrogens with one attached hydrogen (secondary N) is 2. The normalized spacial score (nSPS) is 13.5. The number of carbonyl (C=O) groups excluding carboxylic acids is 1. The zero-order chi connectivity index (χ0) is 22.6. The van der Waals surface area contributed by atoms with Gasteiger partial charge >= 0.3 is 0 Å². The molecule has 31 heavy (non-hydrogen) atoms. The number of halogens is 1. The second-order valence-electron chi connectivity index (χ2n) is 7.21. The molecule has 10 heteroatoms. The number of nitrogens with zero attached hydrogens (tertiary/aromatic N) is 2. The summed E-state index contributed by atoms with van der Waals surface area (Å²) in [6, 6.07) is 13.1. The molecule has 0 aliphatic heterocycles. The minimum Gasteiger partial charge on any atom is -0.299 e. The fourth-order valence-electron chi connectivity index (χ4n) is 2.78. The molecule has 0 bridgehead atoms. The van der Waals surface area contributed by atoms with Gasteiger partial charge in [0.05, 0.1) is 4.90 Å². The van der Waals surface area contributed by atoms with Crippen molar-refractivity contribution in [2.75, 3.05) is 5.32 Å². The van der Waals surface area contributed by atoms with E-state index in [0.29, 0.717) is 16.6 Å². The fraction of sp³-hybridized carbons (Fsp3) is 0.286. The summed E-state index contributed by atoms with van der Waals surface area (Å²) in [5.74, 6) is -0.692. The van der Waals surface area contributed by atoms with E-state index in [1.165, 1.54) is 23.5 Å². The summed E-state index contributed by atoms with van der Waals surface area (Å²) in [5, 5.41) is 11.8. The Kier molecular flexibility index (Phi) is 7.58. The third-order valence-corrected chi connectivity index (χ3v) is 7.73. The number of amides is 1. The lowest BCUT2D eigenvalue weighted by molar-refractivity contribution is -0.118. The summed E-state index contributed by atoms with van der Waals surface area (Å²) in [6.45, 7) is 5.61. The van der Waals surface area contributed by atoms with E-state index >= 15 is 0 Å². The largest absolute Gasteiger partial charge is 0.299 e. The van der Waals surface area contributed by atoms with Crippen LogP contribution in [0.2, 0.25) is 0 Å². The minimum absolute atomic E-state index is 0.118. The van der Waals surface area contributed by atoms with Crippen molar-refractivity contribution in [1.29, 1.82) is 0 Å². The summed E-state index contributed by atoms with van der Waals surface area (Å²) in [4.78, 5) is 13.1. The number of rotatable bonds is 8. The number of benzene rings is 2.